The number of hydrogen-bond acceptors (Lipinski definition) is 2. The van der Waals surface area contributed by atoms with Crippen molar-refractivity contribution in [3.8, 4) is 0 Å². The van der Waals surface area contributed by atoms with Gasteiger partial charge in [-0.1, -0.05) is 29.3 Å². The predicted octanol–water partition coefficient (Wildman–Crippen LogP) is 1.75. The van der Waals surface area contributed by atoms with Crippen molar-refractivity contribution in [2.75, 3.05) is 20.6 Å². The number of carbonyl (C=O) groups is 2. The van der Waals surface area contributed by atoms with Gasteiger partial charge < -0.3 is 15.5 Å². The van der Waals surface area contributed by atoms with Crippen LogP contribution in [-0.2, 0) is 4.79 Å². The van der Waals surface area contributed by atoms with E-state index >= 15 is 0 Å². The highest BCUT2D eigenvalue weighted by molar-refractivity contribution is 5.83. The molecule has 3 amide bonds. The molecule has 1 aromatic carbocycles. The van der Waals surface area contributed by atoms with Crippen molar-refractivity contribution in [3.05, 3.63) is 34.9 Å². The lowest BCUT2D eigenvalue weighted by Gasteiger charge is -2.17. The van der Waals surface area contributed by atoms with Crippen molar-refractivity contribution in [1.29, 1.82) is 0 Å². The predicted molar refractivity (Wildman–Crippen MR) is 79.6 cm³/mol. The molecule has 2 N–H and O–H groups in total. The Kier molecular flexibility index (Phi) is 5.55. The van der Waals surface area contributed by atoms with Crippen molar-refractivity contribution in [2.45, 2.75) is 26.8 Å². The number of nitrogens with zero attached hydrogens (tertiary/aromatic N) is 1. The highest BCUT2D eigenvalue weighted by Gasteiger charge is 2.11. The van der Waals surface area contributed by atoms with Gasteiger partial charge >= 0.3 is 6.03 Å². The van der Waals surface area contributed by atoms with Crippen LogP contribution in [-0.4, -0.2) is 37.5 Å². The maximum absolute atomic E-state index is 11.7. The zero-order valence-electron chi connectivity index (χ0n) is 12.8. The van der Waals surface area contributed by atoms with E-state index in [0.29, 0.717) is 0 Å². The molecule has 0 aliphatic carbocycles. The summed E-state index contributed by atoms with van der Waals surface area (Å²) in [6.07, 6.45) is 0. The Morgan fingerprint density at radius 3 is 2.20 bits per heavy atom. The zero-order valence-corrected chi connectivity index (χ0v) is 12.8. The van der Waals surface area contributed by atoms with Crippen LogP contribution in [0.1, 0.15) is 29.7 Å². The van der Waals surface area contributed by atoms with E-state index in [1.807, 2.05) is 32.9 Å². The molecule has 0 radical (unpaired) electrons. The molecule has 1 unspecified atom stereocenters. The van der Waals surface area contributed by atoms with Crippen LogP contribution >= 0.6 is 0 Å². The lowest BCUT2D eigenvalue weighted by Crippen LogP contribution is -2.42. The quantitative estimate of drug-likeness (QED) is 0.881. The molecule has 1 rings (SSSR count). The van der Waals surface area contributed by atoms with E-state index in [1.54, 1.807) is 14.1 Å². The third-order valence-corrected chi connectivity index (χ3v) is 2.99. The molecule has 0 bridgehead atoms. The Morgan fingerprint density at radius 1 is 1.15 bits per heavy atom. The Bertz CT molecular complexity index is 478. The minimum absolute atomic E-state index is 0.00159. The number of carbonyl (C=O) groups excluding carboxylic acids is 2. The molecular weight excluding hydrogens is 254 g/mol. The van der Waals surface area contributed by atoms with Gasteiger partial charge in [-0.05, 0) is 26.3 Å². The van der Waals surface area contributed by atoms with E-state index in [-0.39, 0.29) is 24.5 Å². The lowest BCUT2D eigenvalue weighted by molar-refractivity contribution is -0.127. The Labute approximate surface area is 120 Å². The van der Waals surface area contributed by atoms with Crippen molar-refractivity contribution < 1.29 is 9.59 Å². The Hall–Kier alpha value is -2.04. The first-order valence-electron chi connectivity index (χ1n) is 6.62. The maximum Gasteiger partial charge on any atom is 0.315 e. The van der Waals surface area contributed by atoms with Gasteiger partial charge in [-0.15, -0.1) is 0 Å². The average molecular weight is 277 g/mol. The van der Waals surface area contributed by atoms with Crippen LogP contribution in [0.5, 0.6) is 0 Å². The molecule has 20 heavy (non-hydrogen) atoms. The standard InChI is InChI=1S/C15H23N3O2/c1-10-6-11(2)8-13(7-10)12(3)17-15(20)16-9-14(19)18(4)5/h6-8,12H,9H2,1-5H3,(H2,16,17,20). The van der Waals surface area contributed by atoms with E-state index in [0.717, 1.165) is 16.7 Å². The highest BCUT2D eigenvalue weighted by atomic mass is 16.2. The summed E-state index contributed by atoms with van der Waals surface area (Å²) in [5.74, 6) is -0.140. The molecule has 110 valence electrons. The molecule has 0 heterocycles. The Morgan fingerprint density at radius 2 is 1.70 bits per heavy atom. The number of urea groups is 1. The molecule has 0 spiro atoms. The minimum Gasteiger partial charge on any atom is -0.347 e. The fraction of sp³-hybridized carbons (Fsp3) is 0.467. The monoisotopic (exact) mass is 277 g/mol. The van der Waals surface area contributed by atoms with E-state index in [2.05, 4.69) is 16.7 Å². The van der Waals surface area contributed by atoms with Gasteiger partial charge in [0.05, 0.1) is 12.6 Å². The van der Waals surface area contributed by atoms with Gasteiger partial charge in [-0.25, -0.2) is 4.79 Å². The maximum atomic E-state index is 11.7. The van der Waals surface area contributed by atoms with Gasteiger partial charge in [0.1, 0.15) is 0 Å². The van der Waals surface area contributed by atoms with Crippen LogP contribution in [0.15, 0.2) is 18.2 Å². The second-order valence-corrected chi connectivity index (χ2v) is 5.26. The van der Waals surface area contributed by atoms with Crippen molar-refractivity contribution in [2.24, 2.45) is 0 Å². The molecular formula is C15H23N3O2. The lowest BCUT2D eigenvalue weighted by atomic mass is 10.0. The van der Waals surface area contributed by atoms with E-state index < -0.39 is 0 Å². The third kappa shape index (κ3) is 4.91. The van der Waals surface area contributed by atoms with E-state index in [9.17, 15) is 9.59 Å². The molecule has 0 aliphatic rings. The summed E-state index contributed by atoms with van der Waals surface area (Å²) in [6.45, 7) is 5.97. The fourth-order valence-corrected chi connectivity index (χ4v) is 1.90. The van der Waals surface area contributed by atoms with Gasteiger partial charge in [0, 0.05) is 14.1 Å². The van der Waals surface area contributed by atoms with Crippen LogP contribution in [0.4, 0.5) is 4.79 Å². The van der Waals surface area contributed by atoms with Gasteiger partial charge in [0.15, 0.2) is 0 Å². The van der Waals surface area contributed by atoms with Gasteiger partial charge in [-0.3, -0.25) is 4.79 Å². The average Bonchev–Trinajstić information content (AvgIpc) is 2.34. The molecule has 0 saturated carbocycles. The summed E-state index contributed by atoms with van der Waals surface area (Å²) >= 11 is 0. The number of aryl methyl sites for hydroxylation is 2. The van der Waals surface area contributed by atoms with Crippen LogP contribution in [0, 0.1) is 13.8 Å². The molecule has 1 aromatic rings. The topological polar surface area (TPSA) is 61.4 Å². The molecule has 0 aromatic heterocycles. The summed E-state index contributed by atoms with van der Waals surface area (Å²) < 4.78 is 0. The SMILES string of the molecule is Cc1cc(C)cc(C(C)NC(=O)NCC(=O)N(C)C)c1. The third-order valence-electron chi connectivity index (χ3n) is 2.99. The van der Waals surface area contributed by atoms with Crippen molar-refractivity contribution in [1.82, 2.24) is 15.5 Å². The zero-order chi connectivity index (χ0) is 15.3. The molecule has 0 saturated heterocycles. The number of rotatable bonds is 4. The number of likely N-dealkylation sites (N-methyl/N-ethyl adjacent to an activating group) is 1. The number of hydrogen-bond donors (Lipinski definition) is 2. The van der Waals surface area contributed by atoms with Crippen LogP contribution < -0.4 is 10.6 Å². The number of nitrogens with one attached hydrogen (secondary N) is 2. The fourth-order valence-electron chi connectivity index (χ4n) is 1.90. The van der Waals surface area contributed by atoms with Crippen molar-refractivity contribution >= 4 is 11.9 Å². The molecule has 5 heteroatoms. The van der Waals surface area contributed by atoms with Gasteiger partial charge in [0.25, 0.3) is 0 Å². The first-order chi connectivity index (χ1) is 9.29. The largest absolute Gasteiger partial charge is 0.347 e. The first-order valence-corrected chi connectivity index (χ1v) is 6.62. The number of amides is 3. The Balaban J connectivity index is 2.55. The summed E-state index contributed by atoms with van der Waals surface area (Å²) in [4.78, 5) is 24.5. The van der Waals surface area contributed by atoms with Crippen molar-refractivity contribution in [3.63, 3.8) is 0 Å². The number of benzene rings is 1. The summed E-state index contributed by atoms with van der Waals surface area (Å²) in [7, 11) is 3.31. The summed E-state index contributed by atoms with van der Waals surface area (Å²) in [6, 6.07) is 5.73. The summed E-state index contributed by atoms with van der Waals surface area (Å²) in [5.41, 5.74) is 3.38. The van der Waals surface area contributed by atoms with Crippen LogP contribution in [0.25, 0.3) is 0 Å². The van der Waals surface area contributed by atoms with Gasteiger partial charge in [-0.2, -0.15) is 0 Å². The normalized spacial score (nSPS) is 11.7. The smallest absolute Gasteiger partial charge is 0.315 e. The first kappa shape index (κ1) is 16.0. The molecule has 0 aliphatic heterocycles. The second-order valence-electron chi connectivity index (χ2n) is 5.26. The highest BCUT2D eigenvalue weighted by Crippen LogP contribution is 2.16. The molecule has 1 atom stereocenters. The molecule has 0 fully saturated rings. The minimum atomic E-state index is -0.341. The summed E-state index contributed by atoms with van der Waals surface area (Å²) in [5, 5.41) is 5.38. The second kappa shape index (κ2) is 6.93. The van der Waals surface area contributed by atoms with E-state index in [1.165, 1.54) is 4.90 Å². The van der Waals surface area contributed by atoms with Gasteiger partial charge in [0.2, 0.25) is 5.91 Å². The van der Waals surface area contributed by atoms with E-state index in [4.69, 9.17) is 0 Å². The van der Waals surface area contributed by atoms with Crippen LogP contribution in [0.3, 0.4) is 0 Å². The van der Waals surface area contributed by atoms with Crippen LogP contribution in [0.2, 0.25) is 0 Å². The molecule has 5 nitrogen and oxygen atoms in total.